The largest absolute Gasteiger partial charge is 0.184 e. The predicted octanol–water partition coefficient (Wildman–Crippen LogP) is 9.10. The van der Waals surface area contributed by atoms with Gasteiger partial charge in [0, 0.05) is 0 Å². The molecule has 0 bridgehead atoms. The second kappa shape index (κ2) is 14.2. The summed E-state index contributed by atoms with van der Waals surface area (Å²) in [6.07, 6.45) is 2.23. The monoisotopic (exact) mass is 642 g/mol. The molecular weight excluding hydrogens is 611 g/mol. The van der Waals surface area contributed by atoms with Crippen molar-refractivity contribution in [1.82, 2.24) is 0 Å². The van der Waals surface area contributed by atoms with Crippen LogP contribution in [0.5, 0.6) is 0 Å². The zero-order chi connectivity index (χ0) is 27.9. The number of fused-ring (bicyclic) bond motifs is 4. The SMILES string of the molecule is CCc1ccc2[cH-]c(CC(C)C)cc2c1-c1cc(C)cc(C)c1.[Cl][Zr+2][Cl].[c-]1cccc2c1[Si]c1ccccc1-2. The van der Waals surface area contributed by atoms with E-state index in [1.54, 1.807) is 0 Å². The first-order chi connectivity index (χ1) is 18.8. The number of hydrogen-bond donors (Lipinski definition) is 0. The van der Waals surface area contributed by atoms with Crippen molar-refractivity contribution >= 4 is 47.7 Å². The number of rotatable bonds is 4. The van der Waals surface area contributed by atoms with Crippen LogP contribution in [0.3, 0.4) is 0 Å². The molecule has 5 aromatic rings. The van der Waals surface area contributed by atoms with Gasteiger partial charge < -0.3 is 0 Å². The molecule has 0 amide bonds. The van der Waals surface area contributed by atoms with E-state index in [4.69, 9.17) is 17.0 Å². The van der Waals surface area contributed by atoms with E-state index in [1.807, 2.05) is 6.07 Å². The van der Waals surface area contributed by atoms with E-state index in [0.717, 1.165) is 22.4 Å². The van der Waals surface area contributed by atoms with Crippen LogP contribution in [0.4, 0.5) is 0 Å². The van der Waals surface area contributed by atoms with Crippen LogP contribution in [-0.2, 0) is 33.7 Å². The van der Waals surface area contributed by atoms with Crippen LogP contribution < -0.4 is 10.4 Å². The average Bonchev–Trinajstić information content (AvgIpc) is 3.48. The smallest absolute Gasteiger partial charge is 0.0920 e. The van der Waals surface area contributed by atoms with Crippen LogP contribution in [0, 0.1) is 25.8 Å². The molecule has 0 N–H and O–H groups in total. The predicted molar refractivity (Wildman–Crippen MR) is 170 cm³/mol. The molecule has 0 atom stereocenters. The van der Waals surface area contributed by atoms with Gasteiger partial charge in [-0.25, -0.2) is 0 Å². The van der Waals surface area contributed by atoms with E-state index in [-0.39, 0.29) is 0 Å². The van der Waals surface area contributed by atoms with Crippen molar-refractivity contribution in [3.8, 4) is 22.3 Å². The molecule has 1 aliphatic heterocycles. The van der Waals surface area contributed by atoms with Crippen LogP contribution >= 0.6 is 17.0 Å². The van der Waals surface area contributed by atoms with Crippen molar-refractivity contribution in [1.29, 1.82) is 0 Å². The molecule has 6 rings (SSSR count). The summed E-state index contributed by atoms with van der Waals surface area (Å²) in [7, 11) is 10.7. The standard InChI is InChI=1S/C23H27.C12H7Si.2ClH.Zr/c1-6-19-7-8-20-13-18(9-15(2)3)14-22(20)23(19)21-11-16(4)10-17(5)12-21;1-3-7-11-9(5-1)10-6-2-4-8-12(10)13-11;;;/h7-8,10-15H,6,9H2,1-5H3;1-7H;2*1H;/q2*-1;;;+4/p-2. The maximum atomic E-state index is 4.93. The molecule has 0 saturated heterocycles. The number of halogens is 2. The van der Waals surface area contributed by atoms with Crippen molar-refractivity contribution in [3.05, 3.63) is 113 Å². The number of aryl methyl sites for hydroxylation is 3. The molecular formula is C35H34Cl2SiZr. The van der Waals surface area contributed by atoms with Gasteiger partial charge in [0.2, 0.25) is 0 Å². The molecule has 0 spiro atoms. The third-order valence-corrected chi connectivity index (χ3v) is 8.27. The molecule has 0 aliphatic carbocycles. The average molecular weight is 645 g/mol. The van der Waals surface area contributed by atoms with Gasteiger partial charge in [-0.3, -0.25) is 0 Å². The Bertz CT molecular complexity index is 1490. The maximum Gasteiger partial charge on any atom is 0.0920 e. The molecule has 0 saturated carbocycles. The summed E-state index contributed by atoms with van der Waals surface area (Å²) in [6.45, 7) is 11.2. The second-order valence-electron chi connectivity index (χ2n) is 10.5. The van der Waals surface area contributed by atoms with Crippen molar-refractivity contribution < 1.29 is 20.8 Å². The molecule has 0 fully saturated rings. The Hall–Kier alpha value is -1.83. The summed E-state index contributed by atoms with van der Waals surface area (Å²) in [5.74, 6) is 0.696. The van der Waals surface area contributed by atoms with Gasteiger partial charge >= 0.3 is 37.9 Å². The van der Waals surface area contributed by atoms with Crippen molar-refractivity contribution in [2.24, 2.45) is 5.92 Å². The fourth-order valence-electron chi connectivity index (χ4n) is 5.46. The van der Waals surface area contributed by atoms with Gasteiger partial charge in [0.1, 0.15) is 0 Å². The minimum atomic E-state index is -0.826. The molecule has 4 heteroatoms. The van der Waals surface area contributed by atoms with E-state index < -0.39 is 20.8 Å². The minimum Gasteiger partial charge on any atom is -0.184 e. The van der Waals surface area contributed by atoms with E-state index in [1.165, 1.54) is 65.7 Å². The second-order valence-corrected chi connectivity index (χ2v) is 15.5. The minimum absolute atomic E-state index is 0.696. The number of hydrogen-bond acceptors (Lipinski definition) is 0. The van der Waals surface area contributed by atoms with Gasteiger partial charge in [-0.1, -0.05) is 96.2 Å². The molecule has 1 aliphatic rings. The summed E-state index contributed by atoms with van der Waals surface area (Å²) < 4.78 is 0. The Morgan fingerprint density at radius 3 is 2.28 bits per heavy atom. The van der Waals surface area contributed by atoms with Crippen LogP contribution in [-0.4, -0.2) is 9.52 Å². The van der Waals surface area contributed by atoms with Crippen LogP contribution in [0.1, 0.15) is 43.0 Å². The molecule has 0 aromatic heterocycles. The van der Waals surface area contributed by atoms with E-state index in [9.17, 15) is 0 Å². The molecule has 1 heterocycles. The van der Waals surface area contributed by atoms with E-state index >= 15 is 0 Å². The Morgan fingerprint density at radius 1 is 0.897 bits per heavy atom. The summed E-state index contributed by atoms with van der Waals surface area (Å²) >= 11 is -0.826. The molecule has 39 heavy (non-hydrogen) atoms. The normalized spacial score (nSPS) is 11.2. The van der Waals surface area contributed by atoms with Crippen LogP contribution in [0.2, 0.25) is 0 Å². The Labute approximate surface area is 255 Å². The first-order valence-corrected chi connectivity index (χ1v) is 20.8. The summed E-state index contributed by atoms with van der Waals surface area (Å²) in [5.41, 5.74) is 11.2. The van der Waals surface area contributed by atoms with E-state index in [2.05, 4.69) is 120 Å². The summed E-state index contributed by atoms with van der Waals surface area (Å²) in [6, 6.07) is 34.5. The molecule has 0 nitrogen and oxygen atoms in total. The first-order valence-electron chi connectivity index (χ1n) is 13.5. The third-order valence-electron chi connectivity index (χ3n) is 6.90. The van der Waals surface area contributed by atoms with Crippen LogP contribution in [0.25, 0.3) is 33.0 Å². The van der Waals surface area contributed by atoms with Crippen molar-refractivity contribution in [2.45, 2.75) is 47.5 Å². The number of benzene rings is 4. The van der Waals surface area contributed by atoms with Gasteiger partial charge in [-0.15, -0.1) is 40.1 Å². The maximum absolute atomic E-state index is 4.93. The summed E-state index contributed by atoms with van der Waals surface area (Å²) in [5, 5.41) is 5.63. The van der Waals surface area contributed by atoms with E-state index in [0.29, 0.717) is 5.92 Å². The van der Waals surface area contributed by atoms with Gasteiger partial charge in [0.15, 0.2) is 0 Å². The van der Waals surface area contributed by atoms with Gasteiger partial charge in [-0.05, 0) is 38.2 Å². The van der Waals surface area contributed by atoms with Crippen molar-refractivity contribution in [3.63, 3.8) is 0 Å². The first kappa shape index (κ1) is 30.1. The Morgan fingerprint density at radius 2 is 1.59 bits per heavy atom. The molecule has 2 radical (unpaired) electrons. The zero-order valence-corrected chi connectivity index (χ0v) is 28.3. The van der Waals surface area contributed by atoms with Gasteiger partial charge in [0.25, 0.3) is 0 Å². The molecule has 5 aromatic carbocycles. The summed E-state index contributed by atoms with van der Waals surface area (Å²) in [4.78, 5) is 0. The zero-order valence-electron chi connectivity index (χ0n) is 23.3. The quantitative estimate of drug-likeness (QED) is 0.133. The topological polar surface area (TPSA) is 0 Å². The molecule has 0 unspecified atom stereocenters. The van der Waals surface area contributed by atoms with Crippen molar-refractivity contribution in [2.75, 3.05) is 0 Å². The fraction of sp³-hybridized carbons (Fsp3) is 0.229. The fourth-order valence-corrected chi connectivity index (χ4v) is 6.77. The molecule has 196 valence electrons. The Kier molecular flexibility index (Phi) is 11.0. The third kappa shape index (κ3) is 7.47. The van der Waals surface area contributed by atoms with Crippen LogP contribution in [0.15, 0.2) is 84.9 Å². The Balaban J connectivity index is 0.000000184. The van der Waals surface area contributed by atoms with Gasteiger partial charge in [0.05, 0.1) is 9.52 Å². The van der Waals surface area contributed by atoms with Gasteiger partial charge in [-0.2, -0.15) is 35.5 Å².